The summed E-state index contributed by atoms with van der Waals surface area (Å²) < 4.78 is 0. The number of hydrogen-bond acceptors (Lipinski definition) is 3. The molecule has 0 amide bonds. The molecule has 0 aromatic carbocycles. The van der Waals surface area contributed by atoms with Gasteiger partial charge in [0.2, 0.25) is 0 Å². The quantitative estimate of drug-likeness (QED) is 0.883. The molecule has 0 fully saturated rings. The zero-order valence-electron chi connectivity index (χ0n) is 10.5. The van der Waals surface area contributed by atoms with Crippen LogP contribution in [0.4, 0.5) is 5.69 Å². The van der Waals surface area contributed by atoms with Crippen molar-refractivity contribution in [3.63, 3.8) is 0 Å². The van der Waals surface area contributed by atoms with E-state index in [1.165, 1.54) is 9.75 Å². The normalized spacial score (nSPS) is 11.5. The monoisotopic (exact) mass is 246 g/mol. The number of nitrogens with one attached hydrogen (secondary N) is 1. The highest BCUT2D eigenvalue weighted by Crippen LogP contribution is 2.29. The van der Waals surface area contributed by atoms with Gasteiger partial charge in [-0.3, -0.25) is 4.98 Å². The molecule has 0 spiro atoms. The number of anilines is 1. The smallest absolute Gasteiger partial charge is 0.0529 e. The molecule has 2 aromatic heterocycles. The highest BCUT2D eigenvalue weighted by Gasteiger charge is 2.15. The van der Waals surface area contributed by atoms with Crippen LogP contribution in [0, 0.1) is 0 Å². The van der Waals surface area contributed by atoms with Crippen LogP contribution in [0.5, 0.6) is 0 Å². The van der Waals surface area contributed by atoms with Crippen LogP contribution in [-0.4, -0.2) is 4.98 Å². The van der Waals surface area contributed by atoms with Crippen LogP contribution in [0.2, 0.25) is 0 Å². The van der Waals surface area contributed by atoms with Gasteiger partial charge < -0.3 is 5.32 Å². The van der Waals surface area contributed by atoms with Crippen molar-refractivity contribution in [1.82, 2.24) is 4.98 Å². The van der Waals surface area contributed by atoms with Gasteiger partial charge in [-0.15, -0.1) is 11.3 Å². The number of nitrogens with zero attached hydrogens (tertiary/aromatic N) is 1. The standard InChI is InChI=1S/C14H18N2S/c1-14(2,3)13-7-6-12(17-13)10-16-11-5-4-8-15-9-11/h4-9,16H,10H2,1-3H3. The Morgan fingerprint density at radius 1 is 1.24 bits per heavy atom. The first kappa shape index (κ1) is 12.1. The minimum atomic E-state index is 0.247. The highest BCUT2D eigenvalue weighted by atomic mass is 32.1. The molecule has 2 nitrogen and oxygen atoms in total. The predicted molar refractivity (Wildman–Crippen MR) is 74.6 cm³/mol. The van der Waals surface area contributed by atoms with Gasteiger partial charge in [-0.25, -0.2) is 0 Å². The Bertz CT molecular complexity index is 468. The average molecular weight is 246 g/mol. The van der Waals surface area contributed by atoms with Gasteiger partial charge in [0.1, 0.15) is 0 Å². The Morgan fingerprint density at radius 2 is 2.06 bits per heavy atom. The molecule has 0 saturated carbocycles. The summed E-state index contributed by atoms with van der Waals surface area (Å²) in [6.45, 7) is 7.61. The molecule has 90 valence electrons. The third-order valence-electron chi connectivity index (χ3n) is 2.53. The Morgan fingerprint density at radius 3 is 2.65 bits per heavy atom. The molecule has 3 heteroatoms. The average Bonchev–Trinajstić information content (AvgIpc) is 2.76. The van der Waals surface area contributed by atoms with Crippen molar-refractivity contribution >= 4 is 17.0 Å². The largest absolute Gasteiger partial charge is 0.379 e. The molecule has 0 bridgehead atoms. The fourth-order valence-corrected chi connectivity index (χ4v) is 2.54. The molecule has 17 heavy (non-hydrogen) atoms. The van der Waals surface area contributed by atoms with Gasteiger partial charge in [0.15, 0.2) is 0 Å². The predicted octanol–water partition coefficient (Wildman–Crippen LogP) is 4.05. The van der Waals surface area contributed by atoms with Gasteiger partial charge in [-0.05, 0) is 29.7 Å². The van der Waals surface area contributed by atoms with E-state index in [4.69, 9.17) is 0 Å². The van der Waals surface area contributed by atoms with E-state index in [2.05, 4.69) is 43.2 Å². The van der Waals surface area contributed by atoms with Crippen molar-refractivity contribution in [3.05, 3.63) is 46.4 Å². The third kappa shape index (κ3) is 3.30. The molecule has 0 aliphatic carbocycles. The molecule has 0 aliphatic rings. The van der Waals surface area contributed by atoms with E-state index in [-0.39, 0.29) is 5.41 Å². The Hall–Kier alpha value is -1.35. The lowest BCUT2D eigenvalue weighted by Crippen LogP contribution is -2.07. The van der Waals surface area contributed by atoms with E-state index < -0.39 is 0 Å². The molecule has 2 aromatic rings. The molecule has 0 saturated heterocycles. The van der Waals surface area contributed by atoms with Gasteiger partial charge in [-0.1, -0.05) is 20.8 Å². The van der Waals surface area contributed by atoms with E-state index in [9.17, 15) is 0 Å². The van der Waals surface area contributed by atoms with Gasteiger partial charge in [0.25, 0.3) is 0 Å². The second kappa shape index (κ2) is 4.88. The number of hydrogen-bond donors (Lipinski definition) is 1. The Balaban J connectivity index is 1.99. The van der Waals surface area contributed by atoms with Gasteiger partial charge in [-0.2, -0.15) is 0 Å². The van der Waals surface area contributed by atoms with Crippen molar-refractivity contribution in [2.75, 3.05) is 5.32 Å². The van der Waals surface area contributed by atoms with E-state index in [1.807, 2.05) is 29.7 Å². The first-order valence-corrected chi connectivity index (χ1v) is 6.60. The maximum atomic E-state index is 4.08. The number of pyridine rings is 1. The second-order valence-electron chi connectivity index (χ2n) is 5.11. The number of thiophene rings is 1. The lowest BCUT2D eigenvalue weighted by atomic mass is 9.95. The topological polar surface area (TPSA) is 24.9 Å². The molecular formula is C14H18N2S. The molecule has 2 rings (SSSR count). The van der Waals surface area contributed by atoms with Gasteiger partial charge in [0, 0.05) is 28.7 Å². The lowest BCUT2D eigenvalue weighted by molar-refractivity contribution is 0.604. The van der Waals surface area contributed by atoms with E-state index in [0.29, 0.717) is 0 Å². The maximum absolute atomic E-state index is 4.08. The van der Waals surface area contributed by atoms with Crippen molar-refractivity contribution in [1.29, 1.82) is 0 Å². The fourth-order valence-electron chi connectivity index (χ4n) is 1.53. The van der Waals surface area contributed by atoms with Crippen LogP contribution in [0.1, 0.15) is 30.5 Å². The number of rotatable bonds is 3. The van der Waals surface area contributed by atoms with E-state index in [0.717, 1.165) is 12.2 Å². The Kier molecular flexibility index (Phi) is 3.48. The molecule has 2 heterocycles. The first-order chi connectivity index (χ1) is 8.05. The second-order valence-corrected chi connectivity index (χ2v) is 6.28. The minimum Gasteiger partial charge on any atom is -0.379 e. The van der Waals surface area contributed by atoms with Crippen LogP contribution in [0.3, 0.4) is 0 Å². The van der Waals surface area contributed by atoms with E-state index >= 15 is 0 Å². The van der Waals surface area contributed by atoms with Crippen molar-refractivity contribution in [3.8, 4) is 0 Å². The van der Waals surface area contributed by atoms with Crippen molar-refractivity contribution in [2.45, 2.75) is 32.7 Å². The summed E-state index contributed by atoms with van der Waals surface area (Å²) in [5.74, 6) is 0. The summed E-state index contributed by atoms with van der Waals surface area (Å²) in [6.07, 6.45) is 3.63. The lowest BCUT2D eigenvalue weighted by Gasteiger charge is -2.15. The molecule has 1 N–H and O–H groups in total. The van der Waals surface area contributed by atoms with Gasteiger partial charge >= 0.3 is 0 Å². The molecule has 0 atom stereocenters. The van der Waals surface area contributed by atoms with Crippen LogP contribution >= 0.6 is 11.3 Å². The molecule has 0 aliphatic heterocycles. The minimum absolute atomic E-state index is 0.247. The van der Waals surface area contributed by atoms with Gasteiger partial charge in [0.05, 0.1) is 5.69 Å². The van der Waals surface area contributed by atoms with Crippen LogP contribution in [-0.2, 0) is 12.0 Å². The van der Waals surface area contributed by atoms with Crippen LogP contribution in [0.15, 0.2) is 36.7 Å². The molecule has 0 radical (unpaired) electrons. The fraction of sp³-hybridized carbons (Fsp3) is 0.357. The molecular weight excluding hydrogens is 228 g/mol. The van der Waals surface area contributed by atoms with Crippen molar-refractivity contribution < 1.29 is 0 Å². The van der Waals surface area contributed by atoms with E-state index in [1.54, 1.807) is 6.20 Å². The first-order valence-electron chi connectivity index (χ1n) is 5.79. The van der Waals surface area contributed by atoms with Crippen molar-refractivity contribution in [2.24, 2.45) is 0 Å². The highest BCUT2D eigenvalue weighted by molar-refractivity contribution is 7.12. The summed E-state index contributed by atoms with van der Waals surface area (Å²) in [4.78, 5) is 6.87. The summed E-state index contributed by atoms with van der Waals surface area (Å²) in [5.41, 5.74) is 1.32. The summed E-state index contributed by atoms with van der Waals surface area (Å²) in [5, 5.41) is 3.37. The van der Waals surface area contributed by atoms with Crippen LogP contribution < -0.4 is 5.32 Å². The number of aromatic nitrogens is 1. The van der Waals surface area contributed by atoms with Crippen LogP contribution in [0.25, 0.3) is 0 Å². The third-order valence-corrected chi connectivity index (χ3v) is 4.04. The summed E-state index contributed by atoms with van der Waals surface area (Å²) in [7, 11) is 0. The molecule has 0 unspecified atom stereocenters. The SMILES string of the molecule is CC(C)(C)c1ccc(CNc2cccnc2)s1. The summed E-state index contributed by atoms with van der Waals surface area (Å²) in [6, 6.07) is 8.40. The zero-order chi connectivity index (χ0) is 12.3. The summed E-state index contributed by atoms with van der Waals surface area (Å²) >= 11 is 1.88. The maximum Gasteiger partial charge on any atom is 0.0529 e. The zero-order valence-corrected chi connectivity index (χ0v) is 11.3. The Labute approximate surface area is 107 Å².